The van der Waals surface area contributed by atoms with Crippen LogP contribution in [0.2, 0.25) is 5.02 Å². The maximum atomic E-state index is 6.08. The largest absolute Gasteiger partial charge is 0.355 e. The van der Waals surface area contributed by atoms with E-state index in [0.717, 1.165) is 61.6 Å². The summed E-state index contributed by atoms with van der Waals surface area (Å²) in [4.78, 5) is 18.1. The van der Waals surface area contributed by atoms with E-state index in [4.69, 9.17) is 11.6 Å². The third kappa shape index (κ3) is 3.36. The summed E-state index contributed by atoms with van der Waals surface area (Å²) in [5.74, 6) is 1.01. The Kier molecular flexibility index (Phi) is 4.60. The van der Waals surface area contributed by atoms with Crippen molar-refractivity contribution in [2.45, 2.75) is 13.0 Å². The Balaban J connectivity index is 1.53. The molecule has 124 valence electrons. The first-order valence-corrected chi connectivity index (χ1v) is 9.36. The number of aromatic nitrogens is 3. The van der Waals surface area contributed by atoms with Crippen LogP contribution in [0, 0.1) is 0 Å². The Bertz CT molecular complexity index is 823. The number of benzene rings is 1. The van der Waals surface area contributed by atoms with Crippen molar-refractivity contribution in [3.63, 3.8) is 0 Å². The van der Waals surface area contributed by atoms with Crippen LogP contribution in [0.25, 0.3) is 10.9 Å². The predicted molar refractivity (Wildman–Crippen MR) is 98.8 cm³/mol. The van der Waals surface area contributed by atoms with Crippen LogP contribution in [0.4, 0.5) is 5.82 Å². The van der Waals surface area contributed by atoms with Crippen LogP contribution in [0.15, 0.2) is 35.4 Å². The van der Waals surface area contributed by atoms with Crippen molar-refractivity contribution < 1.29 is 0 Å². The van der Waals surface area contributed by atoms with Gasteiger partial charge in [-0.05, 0) is 24.6 Å². The molecule has 0 saturated carbocycles. The molecule has 0 bridgehead atoms. The predicted octanol–water partition coefficient (Wildman–Crippen LogP) is 3.45. The molecular weight excluding hydrogens is 342 g/mol. The Morgan fingerprint density at radius 3 is 2.92 bits per heavy atom. The van der Waals surface area contributed by atoms with Crippen molar-refractivity contribution in [2.24, 2.45) is 0 Å². The zero-order chi connectivity index (χ0) is 16.4. The van der Waals surface area contributed by atoms with Crippen molar-refractivity contribution in [1.29, 1.82) is 0 Å². The number of nitrogens with zero attached hydrogens (tertiary/aromatic N) is 5. The molecule has 7 heteroatoms. The number of anilines is 1. The second-order valence-electron chi connectivity index (χ2n) is 5.96. The van der Waals surface area contributed by atoms with Crippen molar-refractivity contribution >= 4 is 39.7 Å². The van der Waals surface area contributed by atoms with Crippen LogP contribution in [0.3, 0.4) is 0 Å². The lowest BCUT2D eigenvalue weighted by molar-refractivity contribution is 0.282. The maximum Gasteiger partial charge on any atom is 0.139 e. The number of halogens is 1. The minimum Gasteiger partial charge on any atom is -0.355 e. The van der Waals surface area contributed by atoms with Gasteiger partial charge in [0.25, 0.3) is 0 Å². The molecule has 1 aliphatic heterocycles. The SMILES string of the molecule is Clc1ccc2c(N3CCCN(Cc4cscn4)CC3)ncnc2c1. The number of hydrogen-bond acceptors (Lipinski definition) is 6. The molecule has 1 aliphatic rings. The number of hydrogen-bond donors (Lipinski definition) is 0. The van der Waals surface area contributed by atoms with Crippen molar-refractivity contribution in [2.75, 3.05) is 31.1 Å². The lowest BCUT2D eigenvalue weighted by atomic mass is 10.2. The Morgan fingerprint density at radius 2 is 2.04 bits per heavy atom. The summed E-state index contributed by atoms with van der Waals surface area (Å²) in [6.45, 7) is 4.98. The zero-order valence-corrected chi connectivity index (χ0v) is 14.8. The molecular formula is C17H18ClN5S. The molecule has 4 rings (SSSR count). The van der Waals surface area contributed by atoms with E-state index in [1.807, 2.05) is 23.7 Å². The highest BCUT2D eigenvalue weighted by Gasteiger charge is 2.18. The second-order valence-corrected chi connectivity index (χ2v) is 7.11. The van der Waals surface area contributed by atoms with Crippen LogP contribution >= 0.6 is 22.9 Å². The fourth-order valence-corrected chi connectivity index (χ4v) is 3.87. The molecule has 0 aliphatic carbocycles. The Hall–Kier alpha value is -1.76. The molecule has 3 heterocycles. The highest BCUT2D eigenvalue weighted by Crippen LogP contribution is 2.26. The van der Waals surface area contributed by atoms with Gasteiger partial charge in [-0.2, -0.15) is 0 Å². The minimum absolute atomic E-state index is 0.706. The average Bonchev–Trinajstić information content (AvgIpc) is 2.99. The molecule has 0 N–H and O–H groups in total. The third-order valence-corrected chi connectivity index (χ3v) is 5.21. The highest BCUT2D eigenvalue weighted by molar-refractivity contribution is 7.07. The molecule has 0 unspecified atom stereocenters. The van der Waals surface area contributed by atoms with E-state index in [2.05, 4.69) is 30.1 Å². The first kappa shape index (κ1) is 15.7. The van der Waals surface area contributed by atoms with Gasteiger partial charge in [-0.1, -0.05) is 11.6 Å². The van der Waals surface area contributed by atoms with E-state index in [1.165, 1.54) is 0 Å². The number of rotatable bonds is 3. The summed E-state index contributed by atoms with van der Waals surface area (Å²) in [6.07, 6.45) is 2.75. The van der Waals surface area contributed by atoms with Gasteiger partial charge in [0.15, 0.2) is 0 Å². The van der Waals surface area contributed by atoms with Gasteiger partial charge in [0.1, 0.15) is 12.1 Å². The van der Waals surface area contributed by atoms with Gasteiger partial charge in [-0.25, -0.2) is 15.0 Å². The molecule has 1 fully saturated rings. The highest BCUT2D eigenvalue weighted by atomic mass is 35.5. The first-order chi connectivity index (χ1) is 11.8. The molecule has 0 radical (unpaired) electrons. The molecule has 1 aromatic carbocycles. The molecule has 0 atom stereocenters. The molecule has 5 nitrogen and oxygen atoms in total. The minimum atomic E-state index is 0.706. The van der Waals surface area contributed by atoms with E-state index in [9.17, 15) is 0 Å². The Labute approximate surface area is 149 Å². The van der Waals surface area contributed by atoms with Gasteiger partial charge in [-0.15, -0.1) is 11.3 Å². The van der Waals surface area contributed by atoms with E-state index in [-0.39, 0.29) is 0 Å². The van der Waals surface area contributed by atoms with E-state index in [1.54, 1.807) is 17.7 Å². The van der Waals surface area contributed by atoms with Crippen molar-refractivity contribution in [3.8, 4) is 0 Å². The van der Waals surface area contributed by atoms with Gasteiger partial charge < -0.3 is 4.90 Å². The monoisotopic (exact) mass is 359 g/mol. The molecule has 1 saturated heterocycles. The number of thiazole rings is 1. The standard InChI is InChI=1S/C17H18ClN5S/c18-13-2-3-15-16(8-13)19-11-20-17(15)23-5-1-4-22(6-7-23)9-14-10-24-12-21-14/h2-3,8,10-12H,1,4-7,9H2. The van der Waals surface area contributed by atoms with Crippen molar-refractivity contribution in [3.05, 3.63) is 46.1 Å². The summed E-state index contributed by atoms with van der Waals surface area (Å²) in [5, 5.41) is 3.90. The lowest BCUT2D eigenvalue weighted by Crippen LogP contribution is -2.31. The Morgan fingerprint density at radius 1 is 1.08 bits per heavy atom. The van der Waals surface area contributed by atoms with Crippen LogP contribution in [-0.4, -0.2) is 46.0 Å². The fourth-order valence-electron chi connectivity index (χ4n) is 3.15. The molecule has 3 aromatic rings. The summed E-state index contributed by atoms with van der Waals surface area (Å²) in [7, 11) is 0. The third-order valence-electron chi connectivity index (χ3n) is 4.33. The van der Waals surface area contributed by atoms with Gasteiger partial charge >= 0.3 is 0 Å². The van der Waals surface area contributed by atoms with Crippen LogP contribution in [0.5, 0.6) is 0 Å². The number of fused-ring (bicyclic) bond motifs is 1. The lowest BCUT2D eigenvalue weighted by Gasteiger charge is -2.23. The molecule has 0 spiro atoms. The van der Waals surface area contributed by atoms with Gasteiger partial charge in [0, 0.05) is 48.5 Å². The average molecular weight is 360 g/mol. The van der Waals surface area contributed by atoms with Crippen LogP contribution in [-0.2, 0) is 6.54 Å². The molecule has 24 heavy (non-hydrogen) atoms. The maximum absolute atomic E-state index is 6.08. The van der Waals surface area contributed by atoms with Crippen molar-refractivity contribution in [1.82, 2.24) is 19.9 Å². The summed E-state index contributed by atoms with van der Waals surface area (Å²) < 4.78 is 0. The molecule has 0 amide bonds. The fraction of sp³-hybridized carbons (Fsp3) is 0.353. The first-order valence-electron chi connectivity index (χ1n) is 8.04. The molecule has 2 aromatic heterocycles. The summed E-state index contributed by atoms with van der Waals surface area (Å²) >= 11 is 7.74. The normalized spacial score (nSPS) is 16.5. The van der Waals surface area contributed by atoms with E-state index in [0.29, 0.717) is 5.02 Å². The summed E-state index contributed by atoms with van der Waals surface area (Å²) in [6, 6.07) is 5.82. The zero-order valence-electron chi connectivity index (χ0n) is 13.2. The van der Waals surface area contributed by atoms with Crippen LogP contribution < -0.4 is 4.90 Å². The van der Waals surface area contributed by atoms with E-state index >= 15 is 0 Å². The van der Waals surface area contributed by atoms with Gasteiger partial charge in [0.2, 0.25) is 0 Å². The second kappa shape index (κ2) is 7.01. The smallest absolute Gasteiger partial charge is 0.139 e. The topological polar surface area (TPSA) is 45.2 Å². The van der Waals surface area contributed by atoms with Gasteiger partial charge in [0.05, 0.1) is 16.7 Å². The summed E-state index contributed by atoms with van der Waals surface area (Å²) in [5.41, 5.74) is 3.96. The quantitative estimate of drug-likeness (QED) is 0.716. The van der Waals surface area contributed by atoms with Gasteiger partial charge in [-0.3, -0.25) is 4.90 Å². The van der Waals surface area contributed by atoms with Crippen LogP contribution in [0.1, 0.15) is 12.1 Å². The van der Waals surface area contributed by atoms with E-state index < -0.39 is 0 Å².